The summed E-state index contributed by atoms with van der Waals surface area (Å²) in [6.45, 7) is 3.71. The number of hydrogen-bond donors (Lipinski definition) is 1. The smallest absolute Gasteiger partial charge is 0.164 e. The molecule has 0 spiro atoms. The van der Waals surface area contributed by atoms with Gasteiger partial charge in [-0.3, -0.25) is 4.90 Å². The fourth-order valence-electron chi connectivity index (χ4n) is 2.85. The molecule has 5 nitrogen and oxygen atoms in total. The molecule has 1 atom stereocenters. The highest BCUT2D eigenvalue weighted by atomic mass is 32.2. The largest absolute Gasteiger partial charge is 0.381 e. The van der Waals surface area contributed by atoms with Gasteiger partial charge < -0.3 is 10.5 Å². The highest BCUT2D eigenvalue weighted by molar-refractivity contribution is 8.00. The second-order valence-corrected chi connectivity index (χ2v) is 9.00. The maximum absolute atomic E-state index is 11.9. The van der Waals surface area contributed by atoms with Gasteiger partial charge in [0.15, 0.2) is 9.84 Å². The zero-order valence-electron chi connectivity index (χ0n) is 11.5. The van der Waals surface area contributed by atoms with Crippen LogP contribution in [0.1, 0.15) is 12.8 Å². The van der Waals surface area contributed by atoms with E-state index in [-0.39, 0.29) is 10.8 Å². The van der Waals surface area contributed by atoms with Gasteiger partial charge >= 0.3 is 0 Å². The van der Waals surface area contributed by atoms with E-state index in [1.807, 2.05) is 0 Å². The van der Waals surface area contributed by atoms with E-state index >= 15 is 0 Å². The van der Waals surface area contributed by atoms with E-state index in [4.69, 9.17) is 10.5 Å². The molecule has 0 amide bonds. The lowest BCUT2D eigenvalue weighted by molar-refractivity contribution is -0.000788. The Morgan fingerprint density at radius 3 is 2.68 bits per heavy atom. The van der Waals surface area contributed by atoms with E-state index in [0.717, 1.165) is 44.9 Å². The Kier molecular flexibility index (Phi) is 5.16. The molecule has 19 heavy (non-hydrogen) atoms. The minimum atomic E-state index is -3.03. The summed E-state index contributed by atoms with van der Waals surface area (Å²) in [5.74, 6) is 1.68. The van der Waals surface area contributed by atoms with Gasteiger partial charge in [0.05, 0.1) is 0 Å². The Bertz CT molecular complexity index is 394. The van der Waals surface area contributed by atoms with Crippen molar-refractivity contribution in [2.24, 2.45) is 11.1 Å². The van der Waals surface area contributed by atoms with Crippen molar-refractivity contribution < 1.29 is 13.2 Å². The summed E-state index contributed by atoms with van der Waals surface area (Å²) in [7, 11) is -3.03. The van der Waals surface area contributed by atoms with Crippen LogP contribution in [0.25, 0.3) is 0 Å². The van der Waals surface area contributed by atoms with Crippen molar-refractivity contribution in [3.8, 4) is 0 Å². The molecular weight excluding hydrogens is 284 g/mol. The summed E-state index contributed by atoms with van der Waals surface area (Å²) < 4.78 is 29.3. The van der Waals surface area contributed by atoms with Crippen molar-refractivity contribution >= 4 is 21.6 Å². The number of rotatable bonds is 4. The first-order chi connectivity index (χ1) is 8.97. The third-order valence-electron chi connectivity index (χ3n) is 4.21. The zero-order valence-corrected chi connectivity index (χ0v) is 13.1. The maximum atomic E-state index is 11.9. The quantitative estimate of drug-likeness (QED) is 0.798. The van der Waals surface area contributed by atoms with E-state index in [1.54, 1.807) is 11.8 Å². The topological polar surface area (TPSA) is 72.6 Å². The number of hydrogen-bond acceptors (Lipinski definition) is 6. The zero-order chi connectivity index (χ0) is 13.9. The van der Waals surface area contributed by atoms with Crippen molar-refractivity contribution in [3.05, 3.63) is 0 Å². The maximum Gasteiger partial charge on any atom is 0.164 e. The molecule has 2 rings (SSSR count). The molecule has 2 fully saturated rings. The van der Waals surface area contributed by atoms with Gasteiger partial charge in [-0.1, -0.05) is 0 Å². The van der Waals surface area contributed by atoms with E-state index in [1.165, 1.54) is 6.26 Å². The fraction of sp³-hybridized carbons (Fsp3) is 1.00. The molecule has 2 heterocycles. The standard InChI is InChI=1S/C12H24N2O3S2/c1-19(15,16)11-8-18-7-4-14(11)10-12(9-13)2-5-17-6-3-12/h11H,2-10,13H2,1H3. The Morgan fingerprint density at radius 1 is 1.42 bits per heavy atom. The van der Waals surface area contributed by atoms with Crippen LogP contribution in [0.15, 0.2) is 0 Å². The van der Waals surface area contributed by atoms with E-state index < -0.39 is 9.84 Å². The highest BCUT2D eigenvalue weighted by Crippen LogP contribution is 2.33. The molecule has 0 saturated carbocycles. The predicted molar refractivity (Wildman–Crippen MR) is 79.1 cm³/mol. The van der Waals surface area contributed by atoms with Crippen LogP contribution >= 0.6 is 11.8 Å². The van der Waals surface area contributed by atoms with Crippen LogP contribution in [0.4, 0.5) is 0 Å². The molecule has 0 aliphatic carbocycles. The highest BCUT2D eigenvalue weighted by Gasteiger charge is 2.38. The van der Waals surface area contributed by atoms with Crippen molar-refractivity contribution in [1.29, 1.82) is 0 Å². The van der Waals surface area contributed by atoms with Crippen LogP contribution in [0.5, 0.6) is 0 Å². The molecule has 0 radical (unpaired) electrons. The molecule has 0 aromatic heterocycles. The minimum absolute atomic E-state index is 0.0309. The van der Waals surface area contributed by atoms with Crippen molar-refractivity contribution in [1.82, 2.24) is 4.90 Å². The molecule has 2 N–H and O–H groups in total. The Balaban J connectivity index is 2.10. The normalized spacial score (nSPS) is 29.3. The number of thioether (sulfide) groups is 1. The van der Waals surface area contributed by atoms with Gasteiger partial charge in [0.25, 0.3) is 0 Å². The summed E-state index contributed by atoms with van der Waals surface area (Å²) in [5, 5.41) is -0.350. The minimum Gasteiger partial charge on any atom is -0.381 e. The number of nitrogens with zero attached hydrogens (tertiary/aromatic N) is 1. The lowest BCUT2D eigenvalue weighted by Gasteiger charge is -2.43. The lowest BCUT2D eigenvalue weighted by Crippen LogP contribution is -2.54. The van der Waals surface area contributed by atoms with E-state index in [0.29, 0.717) is 12.3 Å². The molecular formula is C12H24N2O3S2. The molecule has 0 aromatic rings. The van der Waals surface area contributed by atoms with Gasteiger partial charge in [0.1, 0.15) is 5.37 Å². The lowest BCUT2D eigenvalue weighted by atomic mass is 9.79. The van der Waals surface area contributed by atoms with Crippen molar-refractivity contribution in [2.45, 2.75) is 18.2 Å². The molecule has 112 valence electrons. The third-order valence-corrected chi connectivity index (χ3v) is 6.90. The monoisotopic (exact) mass is 308 g/mol. The first kappa shape index (κ1) is 15.6. The Hall–Kier alpha value is 0.180. The average molecular weight is 308 g/mol. The molecule has 0 bridgehead atoms. The van der Waals surface area contributed by atoms with Crippen LogP contribution < -0.4 is 5.73 Å². The first-order valence-corrected chi connectivity index (χ1v) is 9.86. The van der Waals surface area contributed by atoms with Crippen molar-refractivity contribution in [2.75, 3.05) is 50.6 Å². The van der Waals surface area contributed by atoms with Gasteiger partial charge in [-0.2, -0.15) is 11.8 Å². The molecule has 2 aliphatic rings. The summed E-state index contributed by atoms with van der Waals surface area (Å²) in [6, 6.07) is 0. The van der Waals surface area contributed by atoms with Gasteiger partial charge in [-0.25, -0.2) is 8.42 Å². The number of sulfone groups is 1. The molecule has 0 aromatic carbocycles. The molecule has 1 unspecified atom stereocenters. The van der Waals surface area contributed by atoms with Gasteiger partial charge in [-0.05, 0) is 24.8 Å². The third kappa shape index (κ3) is 3.85. The van der Waals surface area contributed by atoms with Crippen LogP contribution in [0.2, 0.25) is 0 Å². The molecule has 2 saturated heterocycles. The SMILES string of the molecule is CS(=O)(=O)C1CSCCN1CC1(CN)CCOCC1. The Morgan fingerprint density at radius 2 is 2.11 bits per heavy atom. The van der Waals surface area contributed by atoms with Crippen LogP contribution in [0.3, 0.4) is 0 Å². The summed E-state index contributed by atoms with van der Waals surface area (Å²) in [6.07, 6.45) is 3.21. The summed E-state index contributed by atoms with van der Waals surface area (Å²) in [5.41, 5.74) is 6.00. The van der Waals surface area contributed by atoms with Crippen molar-refractivity contribution in [3.63, 3.8) is 0 Å². The van der Waals surface area contributed by atoms with Gasteiger partial charge in [-0.15, -0.1) is 0 Å². The van der Waals surface area contributed by atoms with Crippen LogP contribution in [-0.4, -0.2) is 69.3 Å². The number of nitrogens with two attached hydrogens (primary N) is 1. The van der Waals surface area contributed by atoms with Gasteiger partial charge in [0.2, 0.25) is 0 Å². The number of ether oxygens (including phenoxy) is 1. The predicted octanol–water partition coefficient (Wildman–Crippen LogP) is 0.161. The second-order valence-electron chi connectivity index (χ2n) is 5.65. The van der Waals surface area contributed by atoms with Gasteiger partial charge in [0, 0.05) is 44.1 Å². The summed E-state index contributed by atoms with van der Waals surface area (Å²) in [4.78, 5) is 2.13. The summed E-state index contributed by atoms with van der Waals surface area (Å²) >= 11 is 1.73. The molecule has 7 heteroatoms. The van der Waals surface area contributed by atoms with Crippen LogP contribution in [-0.2, 0) is 14.6 Å². The Labute approximate surface area is 120 Å². The van der Waals surface area contributed by atoms with Crippen LogP contribution in [0, 0.1) is 5.41 Å². The first-order valence-electron chi connectivity index (χ1n) is 6.75. The van der Waals surface area contributed by atoms with E-state index in [9.17, 15) is 8.42 Å². The molecule has 2 aliphatic heterocycles. The van der Waals surface area contributed by atoms with E-state index in [2.05, 4.69) is 4.90 Å². The second kappa shape index (κ2) is 6.30. The average Bonchev–Trinajstić information content (AvgIpc) is 2.39. The fourth-order valence-corrected chi connectivity index (χ4v) is 5.79.